The first-order valence-electron chi connectivity index (χ1n) is 6.91. The van der Waals surface area contributed by atoms with Crippen LogP contribution in [0.25, 0.3) is 0 Å². The van der Waals surface area contributed by atoms with Gasteiger partial charge in [0.2, 0.25) is 0 Å². The summed E-state index contributed by atoms with van der Waals surface area (Å²) < 4.78 is 15.2. The summed E-state index contributed by atoms with van der Waals surface area (Å²) in [4.78, 5) is 23.3. The van der Waals surface area contributed by atoms with Crippen LogP contribution in [0, 0.1) is 0 Å². The molecule has 0 spiro atoms. The first-order valence-corrected chi connectivity index (χ1v) is 6.91. The van der Waals surface area contributed by atoms with Crippen LogP contribution in [0.2, 0.25) is 0 Å². The van der Waals surface area contributed by atoms with E-state index in [1.54, 1.807) is 31.2 Å². The van der Waals surface area contributed by atoms with Crippen molar-refractivity contribution in [2.45, 2.75) is 32.8 Å². The first-order chi connectivity index (χ1) is 10.1. The highest BCUT2D eigenvalue weighted by Gasteiger charge is 2.23. The van der Waals surface area contributed by atoms with Crippen LogP contribution in [0.3, 0.4) is 0 Å². The second-order valence-corrected chi connectivity index (χ2v) is 4.38. The number of hydrogen-bond acceptors (Lipinski definition) is 6. The minimum atomic E-state index is -0.877. The number of carbonyl (C=O) groups is 2. The van der Waals surface area contributed by atoms with Crippen LogP contribution in [0.1, 0.15) is 26.7 Å². The molecule has 0 aromatic heterocycles. The molecule has 21 heavy (non-hydrogen) atoms. The van der Waals surface area contributed by atoms with E-state index in [0.29, 0.717) is 24.3 Å². The second kappa shape index (κ2) is 8.84. The van der Waals surface area contributed by atoms with Gasteiger partial charge in [-0.25, -0.2) is 9.59 Å². The predicted octanol–water partition coefficient (Wildman–Crippen LogP) is 1.92. The zero-order valence-corrected chi connectivity index (χ0v) is 12.3. The molecule has 1 aromatic carbocycles. The molecule has 0 fully saturated rings. The Labute approximate surface area is 124 Å². The molecule has 6 heteroatoms. The van der Waals surface area contributed by atoms with Gasteiger partial charge in [-0.2, -0.15) is 0 Å². The van der Waals surface area contributed by atoms with Gasteiger partial charge in [0.25, 0.3) is 0 Å². The van der Waals surface area contributed by atoms with Gasteiger partial charge in [-0.15, -0.1) is 0 Å². The van der Waals surface area contributed by atoms with E-state index in [2.05, 4.69) is 0 Å². The fourth-order valence-corrected chi connectivity index (χ4v) is 1.62. The molecule has 0 bridgehead atoms. The Bertz CT molecular complexity index is 458. The normalized spacial score (nSPS) is 11.5. The molecule has 0 saturated carbocycles. The van der Waals surface area contributed by atoms with Gasteiger partial charge in [-0.05, 0) is 37.6 Å². The highest BCUT2D eigenvalue weighted by molar-refractivity contribution is 5.79. The number of rotatable bonds is 8. The summed E-state index contributed by atoms with van der Waals surface area (Å²) in [5.74, 6) is -0.636. The largest absolute Gasteiger partial charge is 0.482 e. The second-order valence-electron chi connectivity index (χ2n) is 4.38. The van der Waals surface area contributed by atoms with Crippen molar-refractivity contribution in [3.05, 3.63) is 24.3 Å². The molecule has 1 atom stereocenters. The van der Waals surface area contributed by atoms with Crippen molar-refractivity contribution < 1.29 is 23.8 Å². The van der Waals surface area contributed by atoms with E-state index in [-0.39, 0.29) is 13.2 Å². The molecule has 116 valence electrons. The lowest BCUT2D eigenvalue weighted by Crippen LogP contribution is -2.31. The maximum atomic E-state index is 11.7. The Morgan fingerprint density at radius 2 is 1.86 bits per heavy atom. The molecule has 0 aliphatic carbocycles. The molecule has 1 aromatic rings. The van der Waals surface area contributed by atoms with Gasteiger partial charge in [0.1, 0.15) is 5.75 Å². The quantitative estimate of drug-likeness (QED) is 0.582. The van der Waals surface area contributed by atoms with Gasteiger partial charge < -0.3 is 19.9 Å². The summed E-state index contributed by atoms with van der Waals surface area (Å²) in [6, 6.07) is 6.63. The van der Waals surface area contributed by atoms with Gasteiger partial charge in [0, 0.05) is 5.69 Å². The Hall–Kier alpha value is -2.24. The van der Waals surface area contributed by atoms with Crippen LogP contribution in [-0.4, -0.2) is 31.3 Å². The SMILES string of the molecule is CCCC(OC(=O)COc1ccc(N)cc1)C(=O)OCC. The zero-order valence-electron chi connectivity index (χ0n) is 12.3. The van der Waals surface area contributed by atoms with Crippen molar-refractivity contribution in [3.63, 3.8) is 0 Å². The average Bonchev–Trinajstić information content (AvgIpc) is 2.46. The molecular formula is C15H21NO5. The van der Waals surface area contributed by atoms with E-state index in [9.17, 15) is 9.59 Å². The monoisotopic (exact) mass is 295 g/mol. The standard InChI is InChI=1S/C15H21NO5/c1-3-5-13(15(18)19-4-2)21-14(17)10-20-12-8-6-11(16)7-9-12/h6-9,13H,3-5,10,16H2,1-2H3. The van der Waals surface area contributed by atoms with Crippen molar-refractivity contribution in [2.24, 2.45) is 0 Å². The number of carbonyl (C=O) groups excluding carboxylic acids is 2. The third kappa shape index (κ3) is 6.16. The van der Waals surface area contributed by atoms with Crippen LogP contribution >= 0.6 is 0 Å². The van der Waals surface area contributed by atoms with Crippen LogP contribution in [0.4, 0.5) is 5.69 Å². The topological polar surface area (TPSA) is 87.9 Å². The van der Waals surface area contributed by atoms with E-state index < -0.39 is 18.0 Å². The summed E-state index contributed by atoms with van der Waals surface area (Å²) in [5, 5.41) is 0. The van der Waals surface area contributed by atoms with E-state index in [0.717, 1.165) is 0 Å². The number of esters is 2. The van der Waals surface area contributed by atoms with Crippen LogP contribution in [-0.2, 0) is 19.1 Å². The molecule has 2 N–H and O–H groups in total. The molecule has 0 aliphatic rings. The molecule has 0 saturated heterocycles. The molecule has 0 radical (unpaired) electrons. The van der Waals surface area contributed by atoms with Gasteiger partial charge in [0.05, 0.1) is 6.61 Å². The van der Waals surface area contributed by atoms with Crippen molar-refractivity contribution >= 4 is 17.6 Å². The lowest BCUT2D eigenvalue weighted by atomic mass is 10.2. The lowest BCUT2D eigenvalue weighted by Gasteiger charge is -2.15. The third-order valence-corrected chi connectivity index (χ3v) is 2.61. The van der Waals surface area contributed by atoms with Crippen LogP contribution in [0.5, 0.6) is 5.75 Å². The molecule has 1 unspecified atom stereocenters. The Morgan fingerprint density at radius 3 is 2.43 bits per heavy atom. The number of benzene rings is 1. The van der Waals surface area contributed by atoms with Gasteiger partial charge in [-0.3, -0.25) is 0 Å². The van der Waals surface area contributed by atoms with Gasteiger partial charge in [-0.1, -0.05) is 13.3 Å². The number of nitrogens with two attached hydrogens (primary N) is 1. The number of hydrogen-bond donors (Lipinski definition) is 1. The van der Waals surface area contributed by atoms with E-state index in [1.807, 2.05) is 6.92 Å². The van der Waals surface area contributed by atoms with Crippen molar-refractivity contribution in [1.29, 1.82) is 0 Å². The molecule has 0 aliphatic heterocycles. The molecule has 6 nitrogen and oxygen atoms in total. The summed E-state index contributed by atoms with van der Waals surface area (Å²) in [7, 11) is 0. The molecule has 0 amide bonds. The summed E-state index contributed by atoms with van der Waals surface area (Å²) in [6.07, 6.45) is 0.250. The fraction of sp³-hybridized carbons (Fsp3) is 0.467. The minimum absolute atomic E-state index is 0.249. The molecule has 0 heterocycles. The number of anilines is 1. The third-order valence-electron chi connectivity index (χ3n) is 2.61. The van der Waals surface area contributed by atoms with Gasteiger partial charge in [0.15, 0.2) is 12.7 Å². The zero-order chi connectivity index (χ0) is 15.7. The van der Waals surface area contributed by atoms with Gasteiger partial charge >= 0.3 is 11.9 Å². The summed E-state index contributed by atoms with van der Waals surface area (Å²) in [6.45, 7) is 3.57. The smallest absolute Gasteiger partial charge is 0.347 e. The maximum absolute atomic E-state index is 11.7. The van der Waals surface area contributed by atoms with Crippen molar-refractivity contribution in [2.75, 3.05) is 18.9 Å². The lowest BCUT2D eigenvalue weighted by molar-refractivity contribution is -0.169. The summed E-state index contributed by atoms with van der Waals surface area (Å²) >= 11 is 0. The van der Waals surface area contributed by atoms with Crippen molar-refractivity contribution in [3.8, 4) is 5.75 Å². The number of ether oxygens (including phenoxy) is 3. The molecule has 1 rings (SSSR count). The fourth-order valence-electron chi connectivity index (χ4n) is 1.62. The first kappa shape index (κ1) is 16.8. The Balaban J connectivity index is 2.46. The van der Waals surface area contributed by atoms with E-state index in [4.69, 9.17) is 19.9 Å². The highest BCUT2D eigenvalue weighted by atomic mass is 16.6. The van der Waals surface area contributed by atoms with Crippen LogP contribution in [0.15, 0.2) is 24.3 Å². The van der Waals surface area contributed by atoms with Crippen LogP contribution < -0.4 is 10.5 Å². The highest BCUT2D eigenvalue weighted by Crippen LogP contribution is 2.13. The molecular weight excluding hydrogens is 274 g/mol. The Kier molecular flexibility index (Phi) is 7.08. The summed E-state index contributed by atoms with van der Waals surface area (Å²) in [5.41, 5.74) is 6.15. The Morgan fingerprint density at radius 1 is 1.19 bits per heavy atom. The predicted molar refractivity (Wildman–Crippen MR) is 77.8 cm³/mol. The minimum Gasteiger partial charge on any atom is -0.482 e. The number of nitrogen functional groups attached to an aromatic ring is 1. The van der Waals surface area contributed by atoms with E-state index >= 15 is 0 Å². The average molecular weight is 295 g/mol. The maximum Gasteiger partial charge on any atom is 0.347 e. The van der Waals surface area contributed by atoms with Crippen molar-refractivity contribution in [1.82, 2.24) is 0 Å². The van der Waals surface area contributed by atoms with E-state index in [1.165, 1.54) is 0 Å².